The largest absolute Gasteiger partial charge is 0.381 e. The predicted octanol–water partition coefficient (Wildman–Crippen LogP) is 3.57. The molecule has 1 aliphatic rings. The van der Waals surface area contributed by atoms with Gasteiger partial charge in [0.25, 0.3) is 0 Å². The SMILES string of the molecule is CN=C(NCCCOC1CCOCC1)NC(C)CCCC(C)C.I. The number of guanidine groups is 1. The molecule has 1 unspecified atom stereocenters. The predicted molar refractivity (Wildman–Crippen MR) is 112 cm³/mol. The maximum atomic E-state index is 5.87. The smallest absolute Gasteiger partial charge is 0.191 e. The van der Waals surface area contributed by atoms with E-state index in [-0.39, 0.29) is 24.0 Å². The molecule has 1 heterocycles. The fourth-order valence-corrected chi connectivity index (χ4v) is 2.70. The first-order chi connectivity index (χ1) is 11.1. The van der Waals surface area contributed by atoms with Crippen molar-refractivity contribution in [3.05, 3.63) is 0 Å². The molecule has 6 heteroatoms. The van der Waals surface area contributed by atoms with Crippen LogP contribution >= 0.6 is 24.0 Å². The second kappa shape index (κ2) is 15.2. The van der Waals surface area contributed by atoms with Crippen LogP contribution in [0.25, 0.3) is 0 Å². The molecule has 1 saturated heterocycles. The number of nitrogens with zero attached hydrogens (tertiary/aromatic N) is 1. The molecule has 0 aromatic heterocycles. The molecule has 0 aliphatic carbocycles. The van der Waals surface area contributed by atoms with E-state index in [9.17, 15) is 0 Å². The minimum absolute atomic E-state index is 0. The van der Waals surface area contributed by atoms with Gasteiger partial charge in [0.15, 0.2) is 5.96 Å². The Labute approximate surface area is 165 Å². The first-order valence-electron chi connectivity index (χ1n) is 9.28. The Kier molecular flexibility index (Phi) is 15.1. The highest BCUT2D eigenvalue weighted by molar-refractivity contribution is 14.0. The summed E-state index contributed by atoms with van der Waals surface area (Å²) in [5.74, 6) is 1.68. The topological polar surface area (TPSA) is 54.9 Å². The van der Waals surface area contributed by atoms with Gasteiger partial charge in [-0.1, -0.05) is 26.7 Å². The number of hydrogen-bond donors (Lipinski definition) is 2. The van der Waals surface area contributed by atoms with Crippen molar-refractivity contribution >= 4 is 29.9 Å². The van der Waals surface area contributed by atoms with Crippen LogP contribution in [0.5, 0.6) is 0 Å². The van der Waals surface area contributed by atoms with E-state index in [4.69, 9.17) is 9.47 Å². The van der Waals surface area contributed by atoms with Crippen LogP contribution in [0.4, 0.5) is 0 Å². The number of rotatable bonds is 10. The van der Waals surface area contributed by atoms with Crippen molar-refractivity contribution in [1.82, 2.24) is 10.6 Å². The van der Waals surface area contributed by atoms with Crippen LogP contribution in [0.2, 0.25) is 0 Å². The Morgan fingerprint density at radius 2 is 1.88 bits per heavy atom. The fraction of sp³-hybridized carbons (Fsp3) is 0.944. The van der Waals surface area contributed by atoms with Crippen molar-refractivity contribution in [2.75, 3.05) is 33.4 Å². The number of hydrogen-bond acceptors (Lipinski definition) is 3. The molecule has 0 radical (unpaired) electrons. The van der Waals surface area contributed by atoms with Crippen LogP contribution in [-0.2, 0) is 9.47 Å². The van der Waals surface area contributed by atoms with Gasteiger partial charge in [0.2, 0.25) is 0 Å². The van der Waals surface area contributed by atoms with Crippen LogP contribution in [0.3, 0.4) is 0 Å². The summed E-state index contributed by atoms with van der Waals surface area (Å²) in [6, 6.07) is 0.457. The second-order valence-electron chi connectivity index (χ2n) is 6.91. The van der Waals surface area contributed by atoms with E-state index in [1.807, 2.05) is 7.05 Å². The Balaban J connectivity index is 0.00000529. The van der Waals surface area contributed by atoms with Gasteiger partial charge in [0, 0.05) is 39.5 Å². The Morgan fingerprint density at radius 1 is 1.17 bits per heavy atom. The number of ether oxygens (including phenoxy) is 2. The average molecular weight is 455 g/mol. The summed E-state index contributed by atoms with van der Waals surface area (Å²) in [7, 11) is 1.83. The third-order valence-corrected chi connectivity index (χ3v) is 4.16. The molecule has 0 aromatic carbocycles. The summed E-state index contributed by atoms with van der Waals surface area (Å²) >= 11 is 0. The maximum Gasteiger partial charge on any atom is 0.191 e. The molecule has 1 atom stereocenters. The molecule has 0 bridgehead atoms. The molecule has 0 amide bonds. The minimum Gasteiger partial charge on any atom is -0.381 e. The highest BCUT2D eigenvalue weighted by Crippen LogP contribution is 2.10. The Morgan fingerprint density at radius 3 is 2.50 bits per heavy atom. The molecule has 5 nitrogen and oxygen atoms in total. The summed E-state index contributed by atoms with van der Waals surface area (Å²) in [5, 5.41) is 6.83. The highest BCUT2D eigenvalue weighted by Gasteiger charge is 2.13. The molecule has 0 aromatic rings. The molecular weight excluding hydrogens is 417 g/mol. The molecule has 144 valence electrons. The second-order valence-corrected chi connectivity index (χ2v) is 6.91. The molecule has 24 heavy (non-hydrogen) atoms. The van der Waals surface area contributed by atoms with Crippen molar-refractivity contribution in [2.24, 2.45) is 10.9 Å². The van der Waals surface area contributed by atoms with Crippen molar-refractivity contribution in [3.8, 4) is 0 Å². The lowest BCUT2D eigenvalue weighted by atomic mass is 10.0. The van der Waals surface area contributed by atoms with Crippen molar-refractivity contribution in [3.63, 3.8) is 0 Å². The van der Waals surface area contributed by atoms with Gasteiger partial charge in [-0.2, -0.15) is 0 Å². The summed E-state index contributed by atoms with van der Waals surface area (Å²) in [5.41, 5.74) is 0. The quantitative estimate of drug-likeness (QED) is 0.229. The van der Waals surface area contributed by atoms with Gasteiger partial charge in [-0.25, -0.2) is 0 Å². The molecule has 1 rings (SSSR count). The lowest BCUT2D eigenvalue weighted by Crippen LogP contribution is -2.42. The number of nitrogens with one attached hydrogen (secondary N) is 2. The summed E-state index contributed by atoms with van der Waals surface area (Å²) in [6.07, 6.45) is 7.20. The fourth-order valence-electron chi connectivity index (χ4n) is 2.70. The van der Waals surface area contributed by atoms with Crippen molar-refractivity contribution in [1.29, 1.82) is 0 Å². The van der Waals surface area contributed by atoms with Crippen LogP contribution in [0, 0.1) is 5.92 Å². The minimum atomic E-state index is 0. The van der Waals surface area contributed by atoms with Gasteiger partial charge in [0.05, 0.1) is 6.10 Å². The third-order valence-electron chi connectivity index (χ3n) is 4.16. The first kappa shape index (κ1) is 23.9. The number of aliphatic imine (C=N–C) groups is 1. The van der Waals surface area contributed by atoms with Gasteiger partial charge >= 0.3 is 0 Å². The van der Waals surface area contributed by atoms with Gasteiger partial charge < -0.3 is 20.1 Å². The summed E-state index contributed by atoms with van der Waals surface area (Å²) < 4.78 is 11.2. The zero-order valence-electron chi connectivity index (χ0n) is 16.0. The molecule has 2 N–H and O–H groups in total. The van der Waals surface area contributed by atoms with Gasteiger partial charge in [-0.15, -0.1) is 24.0 Å². The average Bonchev–Trinajstić information content (AvgIpc) is 2.54. The normalized spacial score (nSPS) is 17.5. The van der Waals surface area contributed by atoms with E-state index < -0.39 is 0 Å². The standard InChI is InChI=1S/C18H37N3O2.HI/c1-15(2)7-5-8-16(3)21-18(19-4)20-11-6-12-23-17-9-13-22-14-10-17;/h15-17H,5-14H2,1-4H3,(H2,19,20,21);1H. The van der Waals surface area contributed by atoms with Crippen molar-refractivity contribution in [2.45, 2.75) is 71.4 Å². The van der Waals surface area contributed by atoms with E-state index in [2.05, 4.69) is 36.4 Å². The van der Waals surface area contributed by atoms with Crippen LogP contribution < -0.4 is 10.6 Å². The molecular formula is C18H38IN3O2. The number of halogens is 1. The lowest BCUT2D eigenvalue weighted by Gasteiger charge is -2.22. The summed E-state index contributed by atoms with van der Waals surface area (Å²) in [4.78, 5) is 4.30. The lowest BCUT2D eigenvalue weighted by molar-refractivity contribution is -0.0320. The zero-order valence-corrected chi connectivity index (χ0v) is 18.3. The van der Waals surface area contributed by atoms with Gasteiger partial charge in [0.1, 0.15) is 0 Å². The third kappa shape index (κ3) is 12.3. The van der Waals surface area contributed by atoms with Crippen LogP contribution in [0.1, 0.15) is 59.3 Å². The van der Waals surface area contributed by atoms with E-state index in [1.165, 1.54) is 19.3 Å². The van der Waals surface area contributed by atoms with E-state index in [1.54, 1.807) is 0 Å². The Hall–Kier alpha value is -0.0800. The maximum absolute atomic E-state index is 5.87. The molecule has 1 fully saturated rings. The van der Waals surface area contributed by atoms with Gasteiger partial charge in [-0.3, -0.25) is 4.99 Å². The zero-order chi connectivity index (χ0) is 16.9. The van der Waals surface area contributed by atoms with E-state index in [0.717, 1.165) is 57.5 Å². The van der Waals surface area contributed by atoms with Crippen LogP contribution in [0.15, 0.2) is 4.99 Å². The highest BCUT2D eigenvalue weighted by atomic mass is 127. The van der Waals surface area contributed by atoms with Gasteiger partial charge in [-0.05, 0) is 38.5 Å². The van der Waals surface area contributed by atoms with Crippen LogP contribution in [-0.4, -0.2) is 51.5 Å². The van der Waals surface area contributed by atoms with E-state index in [0.29, 0.717) is 12.1 Å². The Bertz CT molecular complexity index is 321. The first-order valence-corrected chi connectivity index (χ1v) is 9.28. The summed E-state index contributed by atoms with van der Waals surface area (Å²) in [6.45, 7) is 10.2. The molecule has 0 spiro atoms. The molecule has 0 saturated carbocycles. The van der Waals surface area contributed by atoms with Crippen molar-refractivity contribution < 1.29 is 9.47 Å². The monoisotopic (exact) mass is 455 g/mol. The van der Waals surface area contributed by atoms with E-state index >= 15 is 0 Å². The molecule has 1 aliphatic heterocycles.